The summed E-state index contributed by atoms with van der Waals surface area (Å²) in [6.07, 6.45) is 8.18. The van der Waals surface area contributed by atoms with Gasteiger partial charge in [-0.3, -0.25) is 0 Å². The maximum Gasteiger partial charge on any atom is 0.253 e. The van der Waals surface area contributed by atoms with E-state index in [0.717, 1.165) is 42.4 Å². The zero-order valence-corrected chi connectivity index (χ0v) is 12.8. The lowest BCUT2D eigenvalue weighted by Gasteiger charge is -2.19. The Balaban J connectivity index is 1.92. The standard InChI is InChI=1S/C14H21N3O2S/c1-3-5-12(18)7-9-19-14-13(15-20-16-14)11-6-4-8-17(2)10-11/h4,6,8,12,18H,3,5,7,9-10H2,1-2H3. The van der Waals surface area contributed by atoms with Crippen LogP contribution in [-0.2, 0) is 0 Å². The molecule has 1 atom stereocenters. The summed E-state index contributed by atoms with van der Waals surface area (Å²) in [6, 6.07) is 0. The third-order valence-corrected chi connectivity index (χ3v) is 3.64. The second kappa shape index (κ2) is 7.40. The summed E-state index contributed by atoms with van der Waals surface area (Å²) in [5.41, 5.74) is 1.92. The average Bonchev–Trinajstić information content (AvgIpc) is 2.87. The van der Waals surface area contributed by atoms with Crippen molar-refractivity contribution in [1.29, 1.82) is 0 Å². The first-order chi connectivity index (χ1) is 9.70. The van der Waals surface area contributed by atoms with Gasteiger partial charge in [-0.2, -0.15) is 4.37 Å². The molecule has 0 aromatic carbocycles. The minimum Gasteiger partial charge on any atom is -0.475 e. The number of rotatable bonds is 7. The Kier molecular flexibility index (Phi) is 5.55. The van der Waals surface area contributed by atoms with Gasteiger partial charge in [0.25, 0.3) is 5.88 Å². The number of aliphatic hydroxyl groups excluding tert-OH is 1. The third kappa shape index (κ3) is 4.05. The molecule has 1 aliphatic heterocycles. The van der Waals surface area contributed by atoms with Crippen LogP contribution in [0.4, 0.5) is 0 Å². The highest BCUT2D eigenvalue weighted by Gasteiger charge is 2.16. The smallest absolute Gasteiger partial charge is 0.253 e. The van der Waals surface area contributed by atoms with Crippen LogP contribution in [-0.4, -0.2) is 45.1 Å². The predicted molar refractivity (Wildman–Crippen MR) is 80.7 cm³/mol. The topological polar surface area (TPSA) is 58.5 Å². The van der Waals surface area contributed by atoms with Gasteiger partial charge in [0, 0.05) is 25.6 Å². The highest BCUT2D eigenvalue weighted by molar-refractivity contribution is 6.99. The number of aromatic nitrogens is 2. The lowest BCUT2D eigenvalue weighted by atomic mass is 10.1. The highest BCUT2D eigenvalue weighted by Crippen LogP contribution is 2.26. The molecular weight excluding hydrogens is 274 g/mol. The maximum absolute atomic E-state index is 9.69. The summed E-state index contributed by atoms with van der Waals surface area (Å²) in [4.78, 5) is 2.09. The Labute approximate surface area is 123 Å². The van der Waals surface area contributed by atoms with E-state index < -0.39 is 0 Å². The molecule has 1 unspecified atom stereocenters. The van der Waals surface area contributed by atoms with E-state index in [1.807, 2.05) is 25.4 Å². The van der Waals surface area contributed by atoms with Crippen molar-refractivity contribution in [2.24, 2.45) is 0 Å². The van der Waals surface area contributed by atoms with Crippen LogP contribution in [0.2, 0.25) is 0 Å². The van der Waals surface area contributed by atoms with Crippen LogP contribution < -0.4 is 4.74 Å². The number of nitrogens with zero attached hydrogens (tertiary/aromatic N) is 3. The van der Waals surface area contributed by atoms with Crippen molar-refractivity contribution >= 4 is 17.3 Å². The average molecular weight is 295 g/mol. The molecule has 5 nitrogen and oxygen atoms in total. The molecule has 0 amide bonds. The molecular formula is C14H21N3O2S. The van der Waals surface area contributed by atoms with Crippen molar-refractivity contribution in [3.63, 3.8) is 0 Å². The van der Waals surface area contributed by atoms with Gasteiger partial charge in [0.2, 0.25) is 0 Å². The molecule has 20 heavy (non-hydrogen) atoms. The molecule has 0 fully saturated rings. The van der Waals surface area contributed by atoms with Crippen molar-refractivity contribution in [3.8, 4) is 5.88 Å². The lowest BCUT2D eigenvalue weighted by molar-refractivity contribution is 0.129. The predicted octanol–water partition coefficient (Wildman–Crippen LogP) is 2.31. The molecule has 6 heteroatoms. The second-order valence-electron chi connectivity index (χ2n) is 4.95. The fourth-order valence-electron chi connectivity index (χ4n) is 2.07. The van der Waals surface area contributed by atoms with Gasteiger partial charge in [0.1, 0.15) is 5.69 Å². The summed E-state index contributed by atoms with van der Waals surface area (Å²) in [6.45, 7) is 3.33. The molecule has 1 aliphatic rings. The van der Waals surface area contributed by atoms with Crippen molar-refractivity contribution in [2.75, 3.05) is 20.2 Å². The van der Waals surface area contributed by atoms with Gasteiger partial charge in [-0.05, 0) is 18.7 Å². The van der Waals surface area contributed by atoms with E-state index in [1.165, 1.54) is 0 Å². The van der Waals surface area contributed by atoms with Crippen molar-refractivity contribution in [2.45, 2.75) is 32.3 Å². The SMILES string of the molecule is CCCC(O)CCOc1nsnc1C1=CC=CN(C)C1. The first kappa shape index (κ1) is 15.0. The molecule has 0 bridgehead atoms. The maximum atomic E-state index is 9.69. The second-order valence-corrected chi connectivity index (χ2v) is 5.47. The summed E-state index contributed by atoms with van der Waals surface area (Å²) in [7, 11) is 2.02. The highest BCUT2D eigenvalue weighted by atomic mass is 32.1. The normalized spacial score (nSPS) is 16.1. The van der Waals surface area contributed by atoms with E-state index in [2.05, 4.69) is 20.6 Å². The molecule has 0 aliphatic carbocycles. The monoisotopic (exact) mass is 295 g/mol. The summed E-state index contributed by atoms with van der Waals surface area (Å²) in [5.74, 6) is 0.577. The fourth-order valence-corrected chi connectivity index (χ4v) is 2.61. The number of hydrogen-bond donors (Lipinski definition) is 1. The van der Waals surface area contributed by atoms with Gasteiger partial charge in [0.05, 0.1) is 24.4 Å². The summed E-state index contributed by atoms with van der Waals surface area (Å²) < 4.78 is 14.2. The molecule has 0 saturated heterocycles. The summed E-state index contributed by atoms with van der Waals surface area (Å²) in [5, 5.41) is 9.69. The Morgan fingerprint density at radius 1 is 1.45 bits per heavy atom. The largest absolute Gasteiger partial charge is 0.475 e. The third-order valence-electron chi connectivity index (χ3n) is 3.13. The molecule has 110 valence electrons. The van der Waals surface area contributed by atoms with E-state index >= 15 is 0 Å². The Morgan fingerprint density at radius 2 is 2.30 bits per heavy atom. The molecule has 1 aromatic heterocycles. The van der Waals surface area contributed by atoms with Gasteiger partial charge in [-0.1, -0.05) is 19.4 Å². The molecule has 2 rings (SSSR count). The van der Waals surface area contributed by atoms with E-state index in [-0.39, 0.29) is 6.10 Å². The van der Waals surface area contributed by atoms with Crippen LogP contribution in [0.15, 0.2) is 18.4 Å². The van der Waals surface area contributed by atoms with Gasteiger partial charge >= 0.3 is 0 Å². The number of likely N-dealkylation sites (N-methyl/N-ethyl adjacent to an activating group) is 1. The Hall–Kier alpha value is -1.40. The number of allylic oxidation sites excluding steroid dienone is 2. The van der Waals surface area contributed by atoms with Crippen molar-refractivity contribution < 1.29 is 9.84 Å². The number of hydrogen-bond acceptors (Lipinski definition) is 6. The van der Waals surface area contributed by atoms with Crippen LogP contribution in [0.25, 0.3) is 5.57 Å². The molecule has 0 radical (unpaired) electrons. The van der Waals surface area contributed by atoms with E-state index in [4.69, 9.17) is 4.74 Å². The van der Waals surface area contributed by atoms with Crippen LogP contribution in [0.1, 0.15) is 31.9 Å². The Bertz CT molecular complexity index is 485. The molecule has 1 N–H and O–H groups in total. The van der Waals surface area contributed by atoms with Gasteiger partial charge in [-0.15, -0.1) is 4.37 Å². The zero-order valence-electron chi connectivity index (χ0n) is 12.0. The molecule has 0 spiro atoms. The Morgan fingerprint density at radius 3 is 3.05 bits per heavy atom. The molecule has 0 saturated carbocycles. The summed E-state index contributed by atoms with van der Waals surface area (Å²) >= 11 is 1.16. The first-order valence-corrected chi connectivity index (χ1v) is 7.65. The quantitative estimate of drug-likeness (QED) is 0.836. The fraction of sp³-hybridized carbons (Fsp3) is 0.571. The van der Waals surface area contributed by atoms with E-state index in [9.17, 15) is 5.11 Å². The van der Waals surface area contributed by atoms with Crippen LogP contribution in [0, 0.1) is 0 Å². The number of aliphatic hydroxyl groups is 1. The van der Waals surface area contributed by atoms with Crippen LogP contribution in [0.3, 0.4) is 0 Å². The van der Waals surface area contributed by atoms with Crippen LogP contribution in [0.5, 0.6) is 5.88 Å². The first-order valence-electron chi connectivity index (χ1n) is 6.92. The molecule has 2 heterocycles. The molecule has 1 aromatic rings. The van der Waals surface area contributed by atoms with Gasteiger partial charge in [0.15, 0.2) is 0 Å². The zero-order chi connectivity index (χ0) is 14.4. The number of ether oxygens (including phenoxy) is 1. The van der Waals surface area contributed by atoms with Crippen molar-refractivity contribution in [1.82, 2.24) is 13.6 Å². The van der Waals surface area contributed by atoms with Gasteiger partial charge < -0.3 is 14.7 Å². The van der Waals surface area contributed by atoms with Crippen molar-refractivity contribution in [3.05, 3.63) is 24.0 Å². The van der Waals surface area contributed by atoms with Gasteiger partial charge in [-0.25, -0.2) is 0 Å². The van der Waals surface area contributed by atoms with Crippen LogP contribution >= 0.6 is 11.7 Å². The minimum atomic E-state index is -0.294. The minimum absolute atomic E-state index is 0.294. The van der Waals surface area contributed by atoms with E-state index in [0.29, 0.717) is 18.9 Å². The van der Waals surface area contributed by atoms with E-state index in [1.54, 1.807) is 0 Å². The lowest BCUT2D eigenvalue weighted by Crippen LogP contribution is -2.17.